The first kappa shape index (κ1) is 34.2. The highest BCUT2D eigenvalue weighted by Gasteiger charge is 2.27. The van der Waals surface area contributed by atoms with Gasteiger partial charge in [-0.15, -0.1) is 0 Å². The number of carboxylic acid groups (broad SMARTS) is 1. The number of benzene rings is 4. The third-order valence-electron chi connectivity index (χ3n) is 8.18. The van der Waals surface area contributed by atoms with Crippen LogP contribution in [0.4, 0.5) is 10.8 Å². The van der Waals surface area contributed by atoms with Gasteiger partial charge in [0, 0.05) is 37.1 Å². The van der Waals surface area contributed by atoms with Crippen molar-refractivity contribution in [3.63, 3.8) is 0 Å². The summed E-state index contributed by atoms with van der Waals surface area (Å²) in [5.41, 5.74) is 3.60. The summed E-state index contributed by atoms with van der Waals surface area (Å²) in [4.78, 5) is 47.4. The largest absolute Gasteiger partial charge is 0.497 e. The molecule has 0 spiro atoms. The van der Waals surface area contributed by atoms with Crippen LogP contribution in [0.15, 0.2) is 105 Å². The van der Waals surface area contributed by atoms with Crippen LogP contribution in [-0.4, -0.2) is 51.6 Å². The average molecular weight is 714 g/mol. The van der Waals surface area contributed by atoms with Crippen molar-refractivity contribution in [3.8, 4) is 5.75 Å². The molecule has 5 aromatic rings. The lowest BCUT2D eigenvalue weighted by atomic mass is 10.0. The lowest BCUT2D eigenvalue weighted by Gasteiger charge is -2.27. The topological polar surface area (TPSA) is 125 Å². The molecule has 11 heteroatoms. The van der Waals surface area contributed by atoms with Crippen LogP contribution in [0.1, 0.15) is 34.7 Å². The van der Waals surface area contributed by atoms with Crippen molar-refractivity contribution in [1.29, 1.82) is 0 Å². The molecule has 1 aromatic heterocycles. The van der Waals surface area contributed by atoms with E-state index in [1.165, 1.54) is 4.90 Å². The number of hydrogen-bond acceptors (Lipinski definition) is 7. The predicted molar refractivity (Wildman–Crippen MR) is 188 cm³/mol. The van der Waals surface area contributed by atoms with Gasteiger partial charge in [0.1, 0.15) is 11.8 Å². The number of hydrogen-bond donors (Lipinski definition) is 2. The number of carbonyl (C=O) groups excluding carboxylic acids is 1. The first-order valence-electron chi connectivity index (χ1n) is 15.5. The molecule has 0 aliphatic carbocycles. The number of likely N-dealkylation sites (N-methyl/N-ethyl adjacent to an activating group) is 1. The highest BCUT2D eigenvalue weighted by molar-refractivity contribution is 9.10. The maximum atomic E-state index is 14.0. The minimum atomic E-state index is -1.08. The van der Waals surface area contributed by atoms with Crippen LogP contribution in [0.2, 0.25) is 0 Å². The molecule has 1 heterocycles. The molecule has 1 atom stereocenters. The smallest absolute Gasteiger partial charge is 0.407 e. The molecule has 0 saturated heterocycles. The molecule has 0 saturated carbocycles. The second kappa shape index (κ2) is 15.6. The van der Waals surface area contributed by atoms with Crippen LogP contribution < -0.4 is 15.7 Å². The second-order valence-electron chi connectivity index (χ2n) is 11.4. The van der Waals surface area contributed by atoms with Crippen LogP contribution in [0.25, 0.3) is 10.9 Å². The van der Waals surface area contributed by atoms with Gasteiger partial charge in [-0.05, 0) is 75.8 Å². The Morgan fingerprint density at radius 2 is 1.52 bits per heavy atom. The molecule has 0 aliphatic rings. The zero-order chi connectivity index (χ0) is 34.2. The summed E-state index contributed by atoms with van der Waals surface area (Å²) in [5, 5.41) is 13.3. The van der Waals surface area contributed by atoms with Gasteiger partial charge in [0.05, 0.1) is 18.0 Å². The molecular weight excluding hydrogens is 676 g/mol. The fourth-order valence-corrected chi connectivity index (χ4v) is 6.12. The Labute approximate surface area is 287 Å². The van der Waals surface area contributed by atoms with E-state index in [2.05, 4.69) is 26.2 Å². The third kappa shape index (κ3) is 8.21. The number of rotatable bonds is 13. The minimum absolute atomic E-state index is 0.0523. The molecular formula is C37H37BrN4O6. The van der Waals surface area contributed by atoms with E-state index in [1.807, 2.05) is 91.9 Å². The van der Waals surface area contributed by atoms with Crippen molar-refractivity contribution in [2.75, 3.05) is 19.0 Å². The van der Waals surface area contributed by atoms with E-state index in [-0.39, 0.29) is 30.4 Å². The van der Waals surface area contributed by atoms with Gasteiger partial charge in [0.15, 0.2) is 0 Å². The monoisotopic (exact) mass is 712 g/mol. The molecule has 5 rings (SSSR count). The number of carbonyl (C=O) groups is 2. The summed E-state index contributed by atoms with van der Waals surface area (Å²) in [5.74, 6) is 0.515. The number of anilines is 1. The van der Waals surface area contributed by atoms with Gasteiger partial charge in [-0.3, -0.25) is 9.69 Å². The zero-order valence-corrected chi connectivity index (χ0v) is 28.6. The summed E-state index contributed by atoms with van der Waals surface area (Å²) in [6, 6.07) is 27.3. The highest BCUT2D eigenvalue weighted by atomic mass is 79.9. The summed E-state index contributed by atoms with van der Waals surface area (Å²) in [7, 11) is 1.59. The van der Waals surface area contributed by atoms with E-state index < -0.39 is 17.8 Å². The van der Waals surface area contributed by atoms with Crippen molar-refractivity contribution >= 4 is 44.8 Å². The number of ether oxygens (including phenoxy) is 1. The van der Waals surface area contributed by atoms with Crippen molar-refractivity contribution in [1.82, 2.24) is 14.8 Å². The molecule has 0 bridgehead atoms. The van der Waals surface area contributed by atoms with Gasteiger partial charge >= 0.3 is 11.7 Å². The summed E-state index contributed by atoms with van der Waals surface area (Å²) in [6.07, 6.45) is -0.788. The summed E-state index contributed by atoms with van der Waals surface area (Å²) in [6.45, 7) is 4.78. The van der Waals surface area contributed by atoms with Gasteiger partial charge in [-0.1, -0.05) is 72.8 Å². The van der Waals surface area contributed by atoms with Crippen molar-refractivity contribution in [2.24, 2.45) is 0 Å². The number of halogens is 1. The SMILES string of the molecule is CCN(Cc1ccccc1)C(=O)[C@H](Cc1ccc(OC)cc1)Nc1nc2c(Br)cc(CN(Cc3ccccc3)C(=O)O)c(C)c2c(=O)o1. The molecule has 248 valence electrons. The molecule has 48 heavy (non-hydrogen) atoms. The van der Waals surface area contributed by atoms with Gasteiger partial charge in [-0.2, -0.15) is 4.98 Å². The number of aryl methyl sites for hydroxylation is 1. The standard InChI is InChI=1S/C37H37BrN4O6/c1-4-41(21-26-11-7-5-8-12-26)34(43)31(19-25-15-17-29(47-3)18-16-25)39-36-40-33-30(38)20-28(24(2)32(33)35(44)48-36)23-42(37(45)46)22-27-13-9-6-10-14-27/h5-18,20,31H,4,19,21-23H2,1-3H3,(H,39,40)(H,45,46)/t31-/m0/s1. The first-order valence-corrected chi connectivity index (χ1v) is 16.3. The summed E-state index contributed by atoms with van der Waals surface area (Å²) >= 11 is 3.55. The Bertz CT molecular complexity index is 1930. The molecule has 2 amide bonds. The van der Waals surface area contributed by atoms with Crippen molar-refractivity contribution < 1.29 is 23.8 Å². The lowest BCUT2D eigenvalue weighted by molar-refractivity contribution is -0.132. The zero-order valence-electron chi connectivity index (χ0n) is 27.0. The average Bonchev–Trinajstić information content (AvgIpc) is 3.09. The maximum absolute atomic E-state index is 14.0. The third-order valence-corrected chi connectivity index (χ3v) is 8.78. The van der Waals surface area contributed by atoms with Crippen LogP contribution in [0.5, 0.6) is 5.75 Å². The number of nitrogens with one attached hydrogen (secondary N) is 1. The van der Waals surface area contributed by atoms with Gasteiger partial charge in [0.25, 0.3) is 6.01 Å². The highest BCUT2D eigenvalue weighted by Crippen LogP contribution is 2.29. The Hall–Kier alpha value is -5.16. The molecule has 10 nitrogen and oxygen atoms in total. The lowest BCUT2D eigenvalue weighted by Crippen LogP contribution is -2.44. The Morgan fingerprint density at radius 3 is 2.08 bits per heavy atom. The number of methoxy groups -OCH3 is 1. The number of nitrogens with zero attached hydrogens (tertiary/aromatic N) is 3. The van der Waals surface area contributed by atoms with E-state index in [9.17, 15) is 19.5 Å². The van der Waals surface area contributed by atoms with Crippen LogP contribution >= 0.6 is 15.9 Å². The molecule has 4 aromatic carbocycles. The van der Waals surface area contributed by atoms with Crippen LogP contribution in [0.3, 0.4) is 0 Å². The molecule has 0 unspecified atom stereocenters. The minimum Gasteiger partial charge on any atom is -0.497 e. The molecule has 0 radical (unpaired) electrons. The second-order valence-corrected chi connectivity index (χ2v) is 12.2. The van der Waals surface area contributed by atoms with E-state index in [0.717, 1.165) is 16.7 Å². The quantitative estimate of drug-likeness (QED) is 0.133. The van der Waals surface area contributed by atoms with Crippen molar-refractivity contribution in [3.05, 3.63) is 134 Å². The fourth-order valence-electron chi connectivity index (χ4n) is 5.55. The summed E-state index contributed by atoms with van der Waals surface area (Å²) < 4.78 is 11.5. The normalized spacial score (nSPS) is 11.6. The van der Waals surface area contributed by atoms with Gasteiger partial charge in [-0.25, -0.2) is 9.59 Å². The van der Waals surface area contributed by atoms with Gasteiger partial charge in [0.2, 0.25) is 5.91 Å². The predicted octanol–water partition coefficient (Wildman–Crippen LogP) is 7.02. The number of aromatic nitrogens is 1. The number of fused-ring (bicyclic) bond motifs is 1. The molecule has 0 aliphatic heterocycles. The Morgan fingerprint density at radius 1 is 0.917 bits per heavy atom. The molecule has 2 N–H and O–H groups in total. The maximum Gasteiger partial charge on any atom is 0.407 e. The van der Waals surface area contributed by atoms with E-state index in [1.54, 1.807) is 25.0 Å². The Kier molecular flexibility index (Phi) is 11.1. The first-order chi connectivity index (χ1) is 23.2. The fraction of sp³-hybridized carbons (Fsp3) is 0.243. The molecule has 0 fully saturated rings. The van der Waals surface area contributed by atoms with Crippen molar-refractivity contribution in [2.45, 2.75) is 45.9 Å². The van der Waals surface area contributed by atoms with Gasteiger partial charge < -0.3 is 24.5 Å². The number of amides is 2. The van der Waals surface area contributed by atoms with Crippen LogP contribution in [0, 0.1) is 6.92 Å². The van der Waals surface area contributed by atoms with E-state index >= 15 is 0 Å². The van der Waals surface area contributed by atoms with Crippen LogP contribution in [-0.2, 0) is 30.8 Å². The van der Waals surface area contributed by atoms with E-state index in [4.69, 9.17) is 9.15 Å². The Balaban J connectivity index is 1.46. The van der Waals surface area contributed by atoms with E-state index in [0.29, 0.717) is 46.4 Å².